The molecule has 1 atom stereocenters. The molecule has 3 nitrogen and oxygen atoms in total. The van der Waals surface area contributed by atoms with Crippen molar-refractivity contribution in [1.82, 2.24) is 0 Å². The summed E-state index contributed by atoms with van der Waals surface area (Å²) in [7, 11) is 1.38. The molecule has 0 saturated heterocycles. The zero-order valence-electron chi connectivity index (χ0n) is 9.25. The lowest BCUT2D eigenvalue weighted by Crippen LogP contribution is -2.27. The Balaban J connectivity index is 3.98. The van der Waals surface area contributed by atoms with Crippen molar-refractivity contribution < 1.29 is 14.6 Å². The van der Waals surface area contributed by atoms with E-state index in [0.29, 0.717) is 19.3 Å². The van der Waals surface area contributed by atoms with Crippen LogP contribution < -0.4 is 0 Å². The van der Waals surface area contributed by atoms with Gasteiger partial charge in [0.15, 0.2) is 0 Å². The van der Waals surface area contributed by atoms with Crippen LogP contribution in [-0.2, 0) is 9.53 Å². The third-order valence-electron chi connectivity index (χ3n) is 2.28. The summed E-state index contributed by atoms with van der Waals surface area (Å²) in [4.78, 5) is 11.3. The molecule has 1 unspecified atom stereocenters. The van der Waals surface area contributed by atoms with Gasteiger partial charge in [0.05, 0.1) is 18.6 Å². The third kappa shape index (κ3) is 4.42. The van der Waals surface area contributed by atoms with E-state index in [2.05, 4.69) is 11.3 Å². The van der Waals surface area contributed by atoms with Crippen molar-refractivity contribution >= 4 is 5.97 Å². The topological polar surface area (TPSA) is 46.5 Å². The molecule has 0 aliphatic rings. The van der Waals surface area contributed by atoms with E-state index in [1.54, 1.807) is 6.08 Å². The molecule has 0 radical (unpaired) electrons. The maximum atomic E-state index is 11.3. The van der Waals surface area contributed by atoms with E-state index in [0.717, 1.165) is 0 Å². The van der Waals surface area contributed by atoms with Gasteiger partial charge in [0.25, 0.3) is 0 Å². The van der Waals surface area contributed by atoms with Gasteiger partial charge in [-0.3, -0.25) is 4.79 Å². The van der Waals surface area contributed by atoms with E-state index < -0.39 is 11.5 Å². The van der Waals surface area contributed by atoms with Crippen molar-refractivity contribution in [3.63, 3.8) is 0 Å². The van der Waals surface area contributed by atoms with Crippen LogP contribution in [0.4, 0.5) is 0 Å². The number of methoxy groups -OCH3 is 1. The minimum Gasteiger partial charge on any atom is -0.469 e. The maximum Gasteiger partial charge on any atom is 0.311 e. The van der Waals surface area contributed by atoms with Crippen LogP contribution in [-0.4, -0.2) is 24.3 Å². The molecule has 0 aromatic rings. The molecule has 3 heteroatoms. The lowest BCUT2D eigenvalue weighted by Gasteiger charge is -2.22. The summed E-state index contributed by atoms with van der Waals surface area (Å²) < 4.78 is 4.67. The Kier molecular flexibility index (Phi) is 5.46. The highest BCUT2D eigenvalue weighted by Crippen LogP contribution is 2.25. The molecule has 14 heavy (non-hydrogen) atoms. The maximum absolute atomic E-state index is 11.3. The lowest BCUT2D eigenvalue weighted by molar-refractivity contribution is -0.151. The first-order valence-corrected chi connectivity index (χ1v) is 4.81. The molecule has 0 aromatic carbocycles. The smallest absolute Gasteiger partial charge is 0.311 e. The van der Waals surface area contributed by atoms with E-state index in [9.17, 15) is 9.90 Å². The zero-order valence-corrected chi connectivity index (χ0v) is 9.25. The fourth-order valence-electron chi connectivity index (χ4n) is 1.22. The van der Waals surface area contributed by atoms with Gasteiger partial charge in [-0.1, -0.05) is 6.08 Å². The van der Waals surface area contributed by atoms with Gasteiger partial charge in [0.1, 0.15) is 0 Å². The molecule has 0 aromatic heterocycles. The molecule has 0 fully saturated rings. The van der Waals surface area contributed by atoms with E-state index in [4.69, 9.17) is 0 Å². The number of rotatable bonds is 6. The van der Waals surface area contributed by atoms with Gasteiger partial charge in [0, 0.05) is 0 Å². The molecule has 82 valence electrons. The minimum absolute atomic E-state index is 0.233. The molecule has 1 N–H and O–H groups in total. The summed E-state index contributed by atoms with van der Waals surface area (Å²) in [5, 5.41) is 9.44. The number of carbonyl (C=O) groups is 1. The average molecular weight is 200 g/mol. The van der Waals surface area contributed by atoms with E-state index in [1.807, 2.05) is 13.8 Å². The second-order valence-corrected chi connectivity index (χ2v) is 4.09. The molecule has 0 bridgehead atoms. The van der Waals surface area contributed by atoms with Crippen molar-refractivity contribution in [2.45, 2.75) is 39.2 Å². The summed E-state index contributed by atoms with van der Waals surface area (Å²) >= 11 is 0. The Labute approximate surface area is 85.8 Å². The van der Waals surface area contributed by atoms with Crippen LogP contribution in [0.2, 0.25) is 0 Å². The highest BCUT2D eigenvalue weighted by molar-refractivity contribution is 5.75. The zero-order chi connectivity index (χ0) is 11.2. The minimum atomic E-state index is -0.517. The number of hydrogen-bond acceptors (Lipinski definition) is 3. The predicted octanol–water partition coefficient (Wildman–Crippen LogP) is 1.90. The number of esters is 1. The summed E-state index contributed by atoms with van der Waals surface area (Å²) in [6, 6.07) is 0. The standard InChI is InChI=1S/C11H20O3/c1-5-6-9(12)7-8-11(2,3)10(13)14-4/h5,9,12H,1,6-8H2,2-4H3. The fraction of sp³-hybridized carbons (Fsp3) is 0.727. The highest BCUT2D eigenvalue weighted by atomic mass is 16.5. The van der Waals surface area contributed by atoms with Gasteiger partial charge in [0.2, 0.25) is 0 Å². The van der Waals surface area contributed by atoms with Crippen LogP contribution in [0.1, 0.15) is 33.1 Å². The quantitative estimate of drug-likeness (QED) is 0.526. The monoisotopic (exact) mass is 200 g/mol. The van der Waals surface area contributed by atoms with Crippen molar-refractivity contribution in [1.29, 1.82) is 0 Å². The number of aliphatic hydroxyl groups excluding tert-OH is 1. The van der Waals surface area contributed by atoms with Crippen molar-refractivity contribution in [2.24, 2.45) is 5.41 Å². The van der Waals surface area contributed by atoms with Crippen molar-refractivity contribution in [3.05, 3.63) is 12.7 Å². The lowest BCUT2D eigenvalue weighted by atomic mass is 9.86. The molecular formula is C11H20O3. The number of ether oxygens (including phenoxy) is 1. The SMILES string of the molecule is C=CCC(O)CCC(C)(C)C(=O)OC. The van der Waals surface area contributed by atoms with E-state index in [1.165, 1.54) is 7.11 Å². The Morgan fingerprint density at radius 1 is 1.64 bits per heavy atom. The second-order valence-electron chi connectivity index (χ2n) is 4.09. The van der Waals surface area contributed by atoms with Gasteiger partial charge in [-0.15, -0.1) is 6.58 Å². The molecule has 0 rings (SSSR count). The molecule has 0 heterocycles. The van der Waals surface area contributed by atoms with E-state index in [-0.39, 0.29) is 5.97 Å². The van der Waals surface area contributed by atoms with Crippen molar-refractivity contribution in [2.75, 3.05) is 7.11 Å². The largest absolute Gasteiger partial charge is 0.469 e. The molecule has 0 saturated carbocycles. The Hall–Kier alpha value is -0.830. The van der Waals surface area contributed by atoms with Crippen LogP contribution in [0.15, 0.2) is 12.7 Å². The molecule has 0 aliphatic heterocycles. The van der Waals surface area contributed by atoms with Gasteiger partial charge in [-0.25, -0.2) is 0 Å². The Bertz CT molecular complexity index is 197. The predicted molar refractivity (Wildman–Crippen MR) is 55.9 cm³/mol. The number of hydrogen-bond donors (Lipinski definition) is 1. The number of carbonyl (C=O) groups excluding carboxylic acids is 1. The average Bonchev–Trinajstić information content (AvgIpc) is 2.14. The van der Waals surface area contributed by atoms with Gasteiger partial charge < -0.3 is 9.84 Å². The highest BCUT2D eigenvalue weighted by Gasteiger charge is 2.28. The van der Waals surface area contributed by atoms with Crippen LogP contribution in [0.5, 0.6) is 0 Å². The van der Waals surface area contributed by atoms with Gasteiger partial charge in [-0.2, -0.15) is 0 Å². The van der Waals surface area contributed by atoms with Crippen molar-refractivity contribution in [3.8, 4) is 0 Å². The first kappa shape index (κ1) is 13.2. The van der Waals surface area contributed by atoms with Gasteiger partial charge in [-0.05, 0) is 33.1 Å². The van der Waals surface area contributed by atoms with Crippen LogP contribution in [0.25, 0.3) is 0 Å². The molecule has 0 spiro atoms. The molecular weight excluding hydrogens is 180 g/mol. The first-order chi connectivity index (χ1) is 6.44. The van der Waals surface area contributed by atoms with Crippen LogP contribution >= 0.6 is 0 Å². The van der Waals surface area contributed by atoms with Crippen LogP contribution in [0.3, 0.4) is 0 Å². The summed E-state index contributed by atoms with van der Waals surface area (Å²) in [6.45, 7) is 7.18. The fourth-order valence-corrected chi connectivity index (χ4v) is 1.22. The second kappa shape index (κ2) is 5.81. The Morgan fingerprint density at radius 2 is 2.21 bits per heavy atom. The van der Waals surface area contributed by atoms with Gasteiger partial charge >= 0.3 is 5.97 Å². The van der Waals surface area contributed by atoms with Crippen LogP contribution in [0, 0.1) is 5.41 Å². The third-order valence-corrected chi connectivity index (χ3v) is 2.28. The normalized spacial score (nSPS) is 13.4. The summed E-state index contributed by atoms with van der Waals surface area (Å²) in [5.41, 5.74) is -0.517. The van der Waals surface area contributed by atoms with E-state index >= 15 is 0 Å². The summed E-state index contributed by atoms with van der Waals surface area (Å²) in [6.07, 6.45) is 3.05. The number of aliphatic hydroxyl groups is 1. The summed E-state index contributed by atoms with van der Waals surface area (Å²) in [5.74, 6) is -0.233. The molecule has 0 aliphatic carbocycles. The Morgan fingerprint density at radius 3 is 2.64 bits per heavy atom. The molecule has 0 amide bonds. The first-order valence-electron chi connectivity index (χ1n) is 4.81.